The Balaban J connectivity index is 2.04. The fourth-order valence-corrected chi connectivity index (χ4v) is 2.55. The van der Waals surface area contributed by atoms with Crippen molar-refractivity contribution < 1.29 is 4.79 Å². The van der Waals surface area contributed by atoms with Gasteiger partial charge in [0.1, 0.15) is 0 Å². The number of carbonyl (C=O) groups excluding carboxylic acids is 1. The van der Waals surface area contributed by atoms with Crippen LogP contribution in [0.1, 0.15) is 19.4 Å². The molecule has 1 heterocycles. The van der Waals surface area contributed by atoms with Crippen LogP contribution in [0.25, 0.3) is 0 Å². The molecule has 0 spiro atoms. The number of rotatable bonds is 4. The second-order valence-corrected chi connectivity index (χ2v) is 5.70. The van der Waals surface area contributed by atoms with Crippen LogP contribution in [0, 0.1) is 6.92 Å². The topological polar surface area (TPSA) is 61.6 Å². The van der Waals surface area contributed by atoms with Gasteiger partial charge in [0, 0.05) is 37.6 Å². The lowest BCUT2D eigenvalue weighted by atomic mass is 10.1. The van der Waals surface area contributed by atoms with Crippen LogP contribution in [0.15, 0.2) is 18.2 Å². The largest absolute Gasteiger partial charge is 0.369 e. The Morgan fingerprint density at radius 1 is 1.33 bits per heavy atom. The van der Waals surface area contributed by atoms with Gasteiger partial charge in [0.2, 0.25) is 5.91 Å². The number of nitrogens with one attached hydrogen (secondary N) is 1. The first-order valence-corrected chi connectivity index (χ1v) is 7.65. The molecule has 116 valence electrons. The Kier molecular flexibility index (Phi) is 5.20. The van der Waals surface area contributed by atoms with Crippen LogP contribution >= 0.6 is 0 Å². The summed E-state index contributed by atoms with van der Waals surface area (Å²) in [5.41, 5.74) is 8.72. The minimum atomic E-state index is -0.494. The third kappa shape index (κ3) is 3.95. The number of aryl methyl sites for hydroxylation is 1. The minimum Gasteiger partial charge on any atom is -0.369 e. The molecule has 1 aromatic carbocycles. The second kappa shape index (κ2) is 6.91. The lowest BCUT2D eigenvalue weighted by Crippen LogP contribution is -2.46. The van der Waals surface area contributed by atoms with Gasteiger partial charge in [0.15, 0.2) is 0 Å². The highest BCUT2D eigenvalue weighted by molar-refractivity contribution is 5.95. The predicted molar refractivity (Wildman–Crippen MR) is 87.8 cm³/mol. The van der Waals surface area contributed by atoms with Crippen molar-refractivity contribution in [1.29, 1.82) is 0 Å². The molecule has 1 aliphatic heterocycles. The highest BCUT2D eigenvalue weighted by atomic mass is 16.2. The van der Waals surface area contributed by atoms with Crippen LogP contribution in [0.3, 0.4) is 0 Å². The molecule has 1 amide bonds. The van der Waals surface area contributed by atoms with Gasteiger partial charge in [0.05, 0.1) is 6.04 Å². The molecular weight excluding hydrogens is 264 g/mol. The number of hydrogen-bond acceptors (Lipinski definition) is 4. The predicted octanol–water partition coefficient (Wildman–Crippen LogP) is 1.42. The molecule has 1 atom stereocenters. The summed E-state index contributed by atoms with van der Waals surface area (Å²) < 4.78 is 0. The Morgan fingerprint density at radius 3 is 2.52 bits per heavy atom. The smallest absolute Gasteiger partial charge is 0.241 e. The van der Waals surface area contributed by atoms with Crippen LogP contribution < -0.4 is 16.0 Å². The minimum absolute atomic E-state index is 0.151. The molecule has 5 heteroatoms. The summed E-state index contributed by atoms with van der Waals surface area (Å²) in [6.07, 6.45) is 0. The molecule has 0 unspecified atom stereocenters. The van der Waals surface area contributed by atoms with Crippen molar-refractivity contribution in [3.8, 4) is 0 Å². The summed E-state index contributed by atoms with van der Waals surface area (Å²) in [5.74, 6) is -0.151. The summed E-state index contributed by atoms with van der Waals surface area (Å²) >= 11 is 0. The standard InChI is InChI=1S/C16H26N4O/c1-4-19-7-9-20(10-8-19)14-5-6-15(12(2)11-14)18-16(21)13(3)17/h5-6,11,13H,4,7-10,17H2,1-3H3,(H,18,21)/t13-/m0/s1. The highest BCUT2D eigenvalue weighted by Gasteiger charge is 2.16. The molecule has 1 aliphatic rings. The van der Waals surface area contributed by atoms with E-state index in [4.69, 9.17) is 5.73 Å². The fraction of sp³-hybridized carbons (Fsp3) is 0.562. The van der Waals surface area contributed by atoms with E-state index in [2.05, 4.69) is 34.2 Å². The number of piperazine rings is 1. The maximum atomic E-state index is 11.7. The molecule has 0 radical (unpaired) electrons. The number of nitrogens with zero attached hydrogens (tertiary/aromatic N) is 2. The van der Waals surface area contributed by atoms with Gasteiger partial charge in [-0.3, -0.25) is 4.79 Å². The molecule has 1 aromatic rings. The normalized spacial score (nSPS) is 17.6. The number of carbonyl (C=O) groups is 1. The van der Waals surface area contributed by atoms with Gasteiger partial charge in [-0.25, -0.2) is 0 Å². The number of hydrogen-bond donors (Lipinski definition) is 2. The number of nitrogens with two attached hydrogens (primary N) is 1. The fourth-order valence-electron chi connectivity index (χ4n) is 2.55. The van der Waals surface area contributed by atoms with Crippen LogP contribution in [0.2, 0.25) is 0 Å². The van der Waals surface area contributed by atoms with Crippen molar-refractivity contribution in [2.24, 2.45) is 5.73 Å². The van der Waals surface area contributed by atoms with Crippen LogP contribution in [0.4, 0.5) is 11.4 Å². The van der Waals surface area contributed by atoms with Gasteiger partial charge in [-0.1, -0.05) is 6.92 Å². The van der Waals surface area contributed by atoms with Gasteiger partial charge in [-0.15, -0.1) is 0 Å². The molecule has 5 nitrogen and oxygen atoms in total. The lowest BCUT2D eigenvalue weighted by Gasteiger charge is -2.35. The molecule has 0 saturated carbocycles. The summed E-state index contributed by atoms with van der Waals surface area (Å²) in [7, 11) is 0. The Bertz CT molecular complexity index is 493. The summed E-state index contributed by atoms with van der Waals surface area (Å²) in [5, 5.41) is 2.87. The first-order chi connectivity index (χ1) is 10.0. The number of anilines is 2. The average Bonchev–Trinajstić information content (AvgIpc) is 2.49. The zero-order valence-electron chi connectivity index (χ0n) is 13.2. The van der Waals surface area contributed by atoms with Crippen molar-refractivity contribution in [3.05, 3.63) is 23.8 Å². The summed E-state index contributed by atoms with van der Waals surface area (Å²) in [6, 6.07) is 5.69. The van der Waals surface area contributed by atoms with Crippen molar-refractivity contribution in [1.82, 2.24) is 4.90 Å². The van der Waals surface area contributed by atoms with E-state index in [0.717, 1.165) is 44.0 Å². The van der Waals surface area contributed by atoms with Gasteiger partial charge in [-0.2, -0.15) is 0 Å². The molecule has 21 heavy (non-hydrogen) atoms. The molecule has 3 N–H and O–H groups in total. The molecule has 1 fully saturated rings. The van der Waals surface area contributed by atoms with E-state index in [0.29, 0.717) is 0 Å². The number of likely N-dealkylation sites (N-methyl/N-ethyl adjacent to an activating group) is 1. The van der Waals surface area contributed by atoms with Crippen LogP contribution in [-0.2, 0) is 4.79 Å². The SMILES string of the molecule is CCN1CCN(c2ccc(NC(=O)[C@H](C)N)c(C)c2)CC1. The van der Waals surface area contributed by atoms with E-state index in [9.17, 15) is 4.79 Å². The Labute approximate surface area is 127 Å². The maximum Gasteiger partial charge on any atom is 0.241 e. The van der Waals surface area contributed by atoms with E-state index in [-0.39, 0.29) is 5.91 Å². The Hall–Kier alpha value is -1.59. The van der Waals surface area contributed by atoms with E-state index in [1.807, 2.05) is 13.0 Å². The average molecular weight is 290 g/mol. The molecule has 0 bridgehead atoms. The monoisotopic (exact) mass is 290 g/mol. The van der Waals surface area contributed by atoms with Crippen molar-refractivity contribution in [2.75, 3.05) is 42.9 Å². The van der Waals surface area contributed by atoms with Crippen molar-refractivity contribution in [3.63, 3.8) is 0 Å². The van der Waals surface area contributed by atoms with Crippen LogP contribution in [0.5, 0.6) is 0 Å². The highest BCUT2D eigenvalue weighted by Crippen LogP contribution is 2.23. The zero-order valence-corrected chi connectivity index (χ0v) is 13.2. The van der Waals surface area contributed by atoms with E-state index < -0.39 is 6.04 Å². The van der Waals surface area contributed by atoms with E-state index in [1.165, 1.54) is 5.69 Å². The summed E-state index contributed by atoms with van der Waals surface area (Å²) in [4.78, 5) is 16.5. The van der Waals surface area contributed by atoms with Crippen molar-refractivity contribution in [2.45, 2.75) is 26.8 Å². The second-order valence-electron chi connectivity index (χ2n) is 5.70. The van der Waals surface area contributed by atoms with Crippen LogP contribution in [-0.4, -0.2) is 49.6 Å². The van der Waals surface area contributed by atoms with Gasteiger partial charge in [0.25, 0.3) is 0 Å². The van der Waals surface area contributed by atoms with Gasteiger partial charge >= 0.3 is 0 Å². The van der Waals surface area contributed by atoms with Gasteiger partial charge in [-0.05, 0) is 44.2 Å². The zero-order chi connectivity index (χ0) is 15.4. The Morgan fingerprint density at radius 2 is 2.00 bits per heavy atom. The number of benzene rings is 1. The third-order valence-corrected chi connectivity index (χ3v) is 4.07. The molecule has 0 aromatic heterocycles. The lowest BCUT2D eigenvalue weighted by molar-refractivity contribution is -0.117. The van der Waals surface area contributed by atoms with E-state index >= 15 is 0 Å². The first-order valence-electron chi connectivity index (χ1n) is 7.65. The molecular formula is C16H26N4O. The number of amides is 1. The first kappa shape index (κ1) is 15.8. The third-order valence-electron chi connectivity index (χ3n) is 4.07. The van der Waals surface area contributed by atoms with E-state index in [1.54, 1.807) is 6.92 Å². The summed E-state index contributed by atoms with van der Waals surface area (Å²) in [6.45, 7) is 11.4. The molecule has 2 rings (SSSR count). The van der Waals surface area contributed by atoms with Crippen molar-refractivity contribution >= 4 is 17.3 Å². The van der Waals surface area contributed by atoms with Gasteiger partial charge < -0.3 is 20.9 Å². The molecule has 0 aliphatic carbocycles. The maximum absolute atomic E-state index is 11.7. The quantitative estimate of drug-likeness (QED) is 0.880. The molecule has 1 saturated heterocycles.